The lowest BCUT2D eigenvalue weighted by molar-refractivity contribution is 0.0685. The smallest absolute Gasteiger partial charge is 0.272 e. The number of nitrogens with zero attached hydrogens (tertiary/aromatic N) is 4. The van der Waals surface area contributed by atoms with Gasteiger partial charge in [-0.15, -0.1) is 0 Å². The average molecular weight is 299 g/mol. The first-order chi connectivity index (χ1) is 10.8. The van der Waals surface area contributed by atoms with Gasteiger partial charge in [-0.1, -0.05) is 0 Å². The van der Waals surface area contributed by atoms with E-state index in [1.165, 1.54) is 0 Å². The van der Waals surface area contributed by atoms with Crippen LogP contribution < -0.4 is 5.32 Å². The molecule has 1 aliphatic heterocycles. The molecule has 1 aliphatic rings. The Morgan fingerprint density at radius 2 is 2.18 bits per heavy atom. The van der Waals surface area contributed by atoms with E-state index in [0.29, 0.717) is 11.6 Å². The first-order valence-electron chi connectivity index (χ1n) is 7.68. The van der Waals surface area contributed by atoms with Crippen molar-refractivity contribution in [3.05, 3.63) is 42.5 Å². The number of aromatic nitrogens is 3. The van der Waals surface area contributed by atoms with E-state index in [4.69, 9.17) is 0 Å². The molecule has 6 heteroatoms. The Morgan fingerprint density at radius 1 is 1.36 bits per heavy atom. The van der Waals surface area contributed by atoms with E-state index in [1.807, 2.05) is 30.3 Å². The molecule has 22 heavy (non-hydrogen) atoms. The van der Waals surface area contributed by atoms with Crippen molar-refractivity contribution in [2.75, 3.05) is 26.7 Å². The highest BCUT2D eigenvalue weighted by Gasteiger charge is 2.24. The van der Waals surface area contributed by atoms with Crippen molar-refractivity contribution >= 4 is 5.91 Å². The highest BCUT2D eigenvalue weighted by Crippen LogP contribution is 2.18. The number of carbonyl (C=O) groups excluding carboxylic acids is 1. The number of pyridine rings is 1. The highest BCUT2D eigenvalue weighted by atomic mass is 16.2. The molecule has 0 radical (unpaired) electrons. The largest absolute Gasteiger partial charge is 0.337 e. The molecule has 3 rings (SSSR count). The Balaban J connectivity index is 1.69. The molecule has 0 atom stereocenters. The van der Waals surface area contributed by atoms with Crippen LogP contribution in [-0.4, -0.2) is 52.3 Å². The van der Waals surface area contributed by atoms with E-state index < -0.39 is 0 Å². The maximum atomic E-state index is 12.6. The van der Waals surface area contributed by atoms with Gasteiger partial charge in [0.05, 0.1) is 5.69 Å². The number of hydrogen-bond acceptors (Lipinski definition) is 4. The van der Waals surface area contributed by atoms with Crippen molar-refractivity contribution in [3.63, 3.8) is 0 Å². The molecule has 1 fully saturated rings. The van der Waals surface area contributed by atoms with Gasteiger partial charge in [-0.2, -0.15) is 5.10 Å². The number of likely N-dealkylation sites (tertiary alicyclic amines) is 1. The lowest BCUT2D eigenvalue weighted by Gasteiger charge is -2.31. The monoisotopic (exact) mass is 299 g/mol. The van der Waals surface area contributed by atoms with Gasteiger partial charge in [0.15, 0.2) is 0 Å². The summed E-state index contributed by atoms with van der Waals surface area (Å²) in [6.45, 7) is 2.63. The number of carbonyl (C=O) groups is 1. The van der Waals surface area contributed by atoms with E-state index in [9.17, 15) is 4.79 Å². The van der Waals surface area contributed by atoms with Crippen LogP contribution in [0.2, 0.25) is 0 Å². The van der Waals surface area contributed by atoms with Gasteiger partial charge < -0.3 is 10.2 Å². The summed E-state index contributed by atoms with van der Waals surface area (Å²) in [5.74, 6) is 0.675. The lowest BCUT2D eigenvalue weighted by Crippen LogP contribution is -2.40. The Morgan fingerprint density at radius 3 is 2.86 bits per heavy atom. The van der Waals surface area contributed by atoms with Crippen LogP contribution in [-0.2, 0) is 0 Å². The van der Waals surface area contributed by atoms with Gasteiger partial charge in [-0.25, -0.2) is 4.68 Å². The average Bonchev–Trinajstić information content (AvgIpc) is 3.10. The van der Waals surface area contributed by atoms with Gasteiger partial charge in [0.25, 0.3) is 5.91 Å². The topological polar surface area (TPSA) is 63.1 Å². The predicted molar refractivity (Wildman–Crippen MR) is 83.9 cm³/mol. The zero-order valence-electron chi connectivity index (χ0n) is 12.8. The molecule has 2 aromatic rings. The molecule has 2 aromatic heterocycles. The molecule has 1 amide bonds. The second-order valence-electron chi connectivity index (χ2n) is 5.64. The van der Waals surface area contributed by atoms with Gasteiger partial charge >= 0.3 is 0 Å². The van der Waals surface area contributed by atoms with Crippen LogP contribution >= 0.6 is 0 Å². The number of amides is 1. The summed E-state index contributed by atoms with van der Waals surface area (Å²) in [7, 11) is 1.97. The Labute approximate surface area is 130 Å². The van der Waals surface area contributed by atoms with Crippen LogP contribution in [0.5, 0.6) is 0 Å². The van der Waals surface area contributed by atoms with Gasteiger partial charge in [0, 0.05) is 31.7 Å². The maximum absolute atomic E-state index is 12.6. The summed E-state index contributed by atoms with van der Waals surface area (Å²) in [4.78, 5) is 18.7. The van der Waals surface area contributed by atoms with Crippen LogP contribution in [0.1, 0.15) is 23.3 Å². The minimum absolute atomic E-state index is 0.0110. The molecule has 0 aromatic carbocycles. The Kier molecular flexibility index (Phi) is 4.48. The molecule has 0 saturated carbocycles. The van der Waals surface area contributed by atoms with Crippen LogP contribution in [0.25, 0.3) is 5.69 Å². The van der Waals surface area contributed by atoms with E-state index in [2.05, 4.69) is 15.4 Å². The highest BCUT2D eigenvalue weighted by molar-refractivity contribution is 5.92. The summed E-state index contributed by atoms with van der Waals surface area (Å²) in [6.07, 6.45) is 7.33. The summed E-state index contributed by atoms with van der Waals surface area (Å²) in [5.41, 5.74) is 1.34. The van der Waals surface area contributed by atoms with Crippen molar-refractivity contribution in [1.29, 1.82) is 0 Å². The van der Waals surface area contributed by atoms with Crippen LogP contribution in [0, 0.1) is 5.92 Å². The van der Waals surface area contributed by atoms with Crippen molar-refractivity contribution in [2.45, 2.75) is 12.8 Å². The van der Waals surface area contributed by atoms with Gasteiger partial charge in [0.2, 0.25) is 0 Å². The van der Waals surface area contributed by atoms with Crippen molar-refractivity contribution < 1.29 is 4.79 Å². The van der Waals surface area contributed by atoms with Crippen molar-refractivity contribution in [2.24, 2.45) is 5.92 Å². The third-order valence-electron chi connectivity index (χ3n) is 4.13. The van der Waals surface area contributed by atoms with Crippen LogP contribution in [0.4, 0.5) is 0 Å². The molecule has 0 bridgehead atoms. The SMILES string of the molecule is CNCC1CCN(C(=O)c2cc(-n3cccn3)ccn2)CC1. The van der Waals surface area contributed by atoms with E-state index in [1.54, 1.807) is 23.1 Å². The number of rotatable bonds is 4. The summed E-state index contributed by atoms with van der Waals surface area (Å²) in [6, 6.07) is 5.51. The first kappa shape index (κ1) is 14.7. The van der Waals surface area contributed by atoms with Crippen LogP contribution in [0.3, 0.4) is 0 Å². The fraction of sp³-hybridized carbons (Fsp3) is 0.438. The standard InChI is InChI=1S/C16H21N5O/c1-17-12-13-4-9-20(10-5-13)16(22)15-11-14(3-7-18-15)21-8-2-6-19-21/h2-3,6-8,11,13,17H,4-5,9-10,12H2,1H3. The lowest BCUT2D eigenvalue weighted by atomic mass is 9.96. The van der Waals surface area contributed by atoms with Crippen molar-refractivity contribution in [1.82, 2.24) is 25.0 Å². The van der Waals surface area contributed by atoms with Gasteiger partial charge in [-0.3, -0.25) is 9.78 Å². The number of hydrogen-bond donors (Lipinski definition) is 1. The third-order valence-corrected chi connectivity index (χ3v) is 4.13. The van der Waals surface area contributed by atoms with E-state index in [0.717, 1.165) is 38.2 Å². The third kappa shape index (κ3) is 3.17. The molecule has 0 spiro atoms. The first-order valence-corrected chi connectivity index (χ1v) is 7.68. The fourth-order valence-corrected chi connectivity index (χ4v) is 2.89. The molecule has 0 unspecified atom stereocenters. The second kappa shape index (κ2) is 6.70. The summed E-state index contributed by atoms with van der Waals surface area (Å²) >= 11 is 0. The quantitative estimate of drug-likeness (QED) is 0.925. The zero-order valence-corrected chi connectivity index (χ0v) is 12.8. The normalized spacial score (nSPS) is 16.0. The molecular formula is C16H21N5O. The fourth-order valence-electron chi connectivity index (χ4n) is 2.89. The zero-order chi connectivity index (χ0) is 15.4. The van der Waals surface area contributed by atoms with Crippen molar-refractivity contribution in [3.8, 4) is 5.69 Å². The number of piperidine rings is 1. The maximum Gasteiger partial charge on any atom is 0.272 e. The Hall–Kier alpha value is -2.21. The summed E-state index contributed by atoms with van der Waals surface area (Å²) < 4.78 is 1.73. The molecule has 1 saturated heterocycles. The number of nitrogens with one attached hydrogen (secondary N) is 1. The molecule has 1 N–H and O–H groups in total. The van der Waals surface area contributed by atoms with Crippen LogP contribution in [0.15, 0.2) is 36.8 Å². The molecule has 0 aliphatic carbocycles. The molecular weight excluding hydrogens is 278 g/mol. The molecule has 6 nitrogen and oxygen atoms in total. The van der Waals surface area contributed by atoms with E-state index >= 15 is 0 Å². The minimum atomic E-state index is 0.0110. The van der Waals surface area contributed by atoms with Gasteiger partial charge in [0.1, 0.15) is 5.69 Å². The molecule has 116 valence electrons. The van der Waals surface area contributed by atoms with Gasteiger partial charge in [-0.05, 0) is 50.6 Å². The van der Waals surface area contributed by atoms with E-state index in [-0.39, 0.29) is 5.91 Å². The summed E-state index contributed by atoms with van der Waals surface area (Å²) in [5, 5.41) is 7.40. The second-order valence-corrected chi connectivity index (χ2v) is 5.64. The Bertz CT molecular complexity index is 617. The predicted octanol–water partition coefficient (Wildman–Crippen LogP) is 1.34. The molecule has 3 heterocycles. The minimum Gasteiger partial charge on any atom is -0.337 e.